The molecule has 0 aromatic heterocycles. The number of benzene rings is 2. The summed E-state index contributed by atoms with van der Waals surface area (Å²) in [5.74, 6) is 1.32. The van der Waals surface area contributed by atoms with Crippen LogP contribution in [0.2, 0.25) is 10.0 Å². The van der Waals surface area contributed by atoms with Crippen molar-refractivity contribution in [3.63, 3.8) is 0 Å². The number of nitrogens with one attached hydrogen (secondary N) is 1. The number of hydrogen-bond acceptors (Lipinski definition) is 3. The van der Waals surface area contributed by atoms with E-state index in [-0.39, 0.29) is 5.54 Å². The Labute approximate surface area is 160 Å². The van der Waals surface area contributed by atoms with Crippen LogP contribution >= 0.6 is 23.2 Å². The molecule has 2 aromatic carbocycles. The van der Waals surface area contributed by atoms with Crippen molar-refractivity contribution in [2.45, 2.75) is 46.4 Å². The summed E-state index contributed by atoms with van der Waals surface area (Å²) in [6.07, 6.45) is 0. The third-order valence-corrected chi connectivity index (χ3v) is 4.09. The first-order valence-electron chi connectivity index (χ1n) is 8.36. The van der Waals surface area contributed by atoms with Crippen molar-refractivity contribution in [2.75, 3.05) is 6.61 Å². The molecule has 2 rings (SSSR count). The molecule has 25 heavy (non-hydrogen) atoms. The molecule has 0 fully saturated rings. The molecule has 0 bridgehead atoms. The topological polar surface area (TPSA) is 30.5 Å². The van der Waals surface area contributed by atoms with Crippen molar-refractivity contribution in [3.05, 3.63) is 57.6 Å². The van der Waals surface area contributed by atoms with Gasteiger partial charge in [0, 0.05) is 28.2 Å². The molecule has 2 aromatic rings. The average Bonchev–Trinajstić information content (AvgIpc) is 2.53. The van der Waals surface area contributed by atoms with Gasteiger partial charge in [-0.25, -0.2) is 0 Å². The molecule has 3 nitrogen and oxygen atoms in total. The van der Waals surface area contributed by atoms with Crippen LogP contribution in [0.5, 0.6) is 11.5 Å². The molecule has 0 aliphatic heterocycles. The van der Waals surface area contributed by atoms with Crippen LogP contribution in [0.3, 0.4) is 0 Å². The minimum atomic E-state index is 0.0108. The predicted molar refractivity (Wildman–Crippen MR) is 105 cm³/mol. The SMILES string of the molecule is CCOc1cc(CNC(C)(C)C)c(Cl)cc1OCc1cccc(Cl)c1. The Hall–Kier alpha value is -1.42. The summed E-state index contributed by atoms with van der Waals surface area (Å²) >= 11 is 12.5. The minimum absolute atomic E-state index is 0.0108. The highest BCUT2D eigenvalue weighted by Gasteiger charge is 2.14. The fraction of sp³-hybridized carbons (Fsp3) is 0.400. The Balaban J connectivity index is 2.17. The monoisotopic (exact) mass is 381 g/mol. The molecule has 0 aliphatic carbocycles. The zero-order valence-electron chi connectivity index (χ0n) is 15.2. The van der Waals surface area contributed by atoms with E-state index in [2.05, 4.69) is 26.1 Å². The van der Waals surface area contributed by atoms with E-state index in [4.69, 9.17) is 32.7 Å². The first-order chi connectivity index (χ1) is 11.8. The van der Waals surface area contributed by atoms with E-state index in [1.54, 1.807) is 0 Å². The van der Waals surface area contributed by atoms with Crippen LogP contribution < -0.4 is 14.8 Å². The van der Waals surface area contributed by atoms with Gasteiger partial charge in [0.2, 0.25) is 0 Å². The van der Waals surface area contributed by atoms with Crippen LogP contribution in [0.1, 0.15) is 38.8 Å². The summed E-state index contributed by atoms with van der Waals surface area (Å²) < 4.78 is 11.7. The maximum Gasteiger partial charge on any atom is 0.163 e. The van der Waals surface area contributed by atoms with E-state index >= 15 is 0 Å². The Bertz CT molecular complexity index is 711. The molecule has 0 unspecified atom stereocenters. The fourth-order valence-corrected chi connectivity index (χ4v) is 2.68. The van der Waals surface area contributed by atoms with Crippen LogP contribution in [0, 0.1) is 0 Å². The molecular formula is C20H25Cl2NO2. The molecular weight excluding hydrogens is 357 g/mol. The lowest BCUT2D eigenvalue weighted by atomic mass is 10.1. The number of ether oxygens (including phenoxy) is 2. The second kappa shape index (κ2) is 8.79. The van der Waals surface area contributed by atoms with Crippen molar-refractivity contribution in [1.82, 2.24) is 5.32 Å². The van der Waals surface area contributed by atoms with Crippen molar-refractivity contribution >= 4 is 23.2 Å². The first-order valence-corrected chi connectivity index (χ1v) is 9.11. The van der Waals surface area contributed by atoms with Gasteiger partial charge in [-0.15, -0.1) is 0 Å². The lowest BCUT2D eigenvalue weighted by molar-refractivity contribution is 0.269. The quantitative estimate of drug-likeness (QED) is 0.651. The van der Waals surface area contributed by atoms with Crippen molar-refractivity contribution in [2.24, 2.45) is 0 Å². The second-order valence-electron chi connectivity index (χ2n) is 6.85. The van der Waals surface area contributed by atoms with Crippen molar-refractivity contribution in [1.29, 1.82) is 0 Å². The summed E-state index contributed by atoms with van der Waals surface area (Å²) in [4.78, 5) is 0. The Morgan fingerprint density at radius 1 is 1.00 bits per heavy atom. The summed E-state index contributed by atoms with van der Waals surface area (Å²) in [5, 5.41) is 4.78. The van der Waals surface area contributed by atoms with E-state index < -0.39 is 0 Å². The normalized spacial score (nSPS) is 11.4. The summed E-state index contributed by atoms with van der Waals surface area (Å²) in [5.41, 5.74) is 1.98. The first kappa shape index (κ1) is 19.9. The van der Waals surface area contributed by atoms with Gasteiger partial charge in [-0.3, -0.25) is 0 Å². The van der Waals surface area contributed by atoms with Gasteiger partial charge in [-0.1, -0.05) is 35.3 Å². The second-order valence-corrected chi connectivity index (χ2v) is 7.69. The zero-order chi connectivity index (χ0) is 18.4. The van der Waals surface area contributed by atoms with E-state index in [1.807, 2.05) is 43.3 Å². The summed E-state index contributed by atoms with van der Waals surface area (Å²) in [6, 6.07) is 11.3. The molecule has 5 heteroatoms. The molecule has 136 valence electrons. The Morgan fingerprint density at radius 3 is 2.36 bits per heavy atom. The molecule has 0 spiro atoms. The van der Waals surface area contributed by atoms with Gasteiger partial charge in [0.15, 0.2) is 11.5 Å². The molecule has 0 heterocycles. The van der Waals surface area contributed by atoms with Gasteiger partial charge in [-0.05, 0) is 57.0 Å². The van der Waals surface area contributed by atoms with Crippen LogP contribution in [-0.2, 0) is 13.2 Å². The van der Waals surface area contributed by atoms with Crippen LogP contribution in [0.25, 0.3) is 0 Å². The number of hydrogen-bond donors (Lipinski definition) is 1. The largest absolute Gasteiger partial charge is 0.490 e. The van der Waals surface area contributed by atoms with Gasteiger partial charge in [-0.2, -0.15) is 0 Å². The highest BCUT2D eigenvalue weighted by Crippen LogP contribution is 2.34. The van der Waals surface area contributed by atoms with Crippen LogP contribution in [-0.4, -0.2) is 12.1 Å². The fourth-order valence-electron chi connectivity index (χ4n) is 2.24. The highest BCUT2D eigenvalue weighted by molar-refractivity contribution is 6.31. The molecule has 0 saturated heterocycles. The third-order valence-electron chi connectivity index (χ3n) is 3.51. The van der Waals surface area contributed by atoms with E-state index in [9.17, 15) is 0 Å². The molecule has 0 amide bonds. The number of rotatable bonds is 7. The van der Waals surface area contributed by atoms with Gasteiger partial charge in [0.25, 0.3) is 0 Å². The highest BCUT2D eigenvalue weighted by atomic mass is 35.5. The van der Waals surface area contributed by atoms with Gasteiger partial charge in [0.1, 0.15) is 6.61 Å². The molecule has 0 radical (unpaired) electrons. The number of halogens is 2. The molecule has 0 atom stereocenters. The van der Waals surface area contributed by atoms with E-state index in [0.717, 1.165) is 11.1 Å². The van der Waals surface area contributed by atoms with Crippen molar-refractivity contribution in [3.8, 4) is 11.5 Å². The molecule has 1 N–H and O–H groups in total. The zero-order valence-corrected chi connectivity index (χ0v) is 16.7. The van der Waals surface area contributed by atoms with E-state index in [1.165, 1.54) is 0 Å². The maximum atomic E-state index is 6.44. The summed E-state index contributed by atoms with van der Waals surface area (Å²) in [7, 11) is 0. The van der Waals surface area contributed by atoms with Gasteiger partial charge in [0.05, 0.1) is 6.61 Å². The third kappa shape index (κ3) is 6.43. The van der Waals surface area contributed by atoms with Crippen LogP contribution in [0.15, 0.2) is 36.4 Å². The average molecular weight is 382 g/mol. The van der Waals surface area contributed by atoms with Crippen LogP contribution in [0.4, 0.5) is 0 Å². The standard InChI is InChI=1S/C20H25Cl2NO2/c1-5-24-18-10-15(12-23-20(2,3)4)17(22)11-19(18)25-13-14-7-6-8-16(21)9-14/h6-11,23H,5,12-13H2,1-4H3. The molecule has 0 aliphatic rings. The van der Waals surface area contributed by atoms with Gasteiger partial charge >= 0.3 is 0 Å². The van der Waals surface area contributed by atoms with Crippen molar-refractivity contribution < 1.29 is 9.47 Å². The lowest BCUT2D eigenvalue weighted by Gasteiger charge is -2.22. The Kier molecular flexibility index (Phi) is 7.00. The lowest BCUT2D eigenvalue weighted by Crippen LogP contribution is -2.35. The summed E-state index contributed by atoms with van der Waals surface area (Å²) in [6.45, 7) is 9.92. The van der Waals surface area contributed by atoms with E-state index in [0.29, 0.717) is 41.3 Å². The smallest absolute Gasteiger partial charge is 0.163 e. The minimum Gasteiger partial charge on any atom is -0.490 e. The molecule has 0 saturated carbocycles. The van der Waals surface area contributed by atoms with Gasteiger partial charge < -0.3 is 14.8 Å². The maximum absolute atomic E-state index is 6.44. The predicted octanol–water partition coefficient (Wildman–Crippen LogP) is 5.86. The Morgan fingerprint density at radius 2 is 1.72 bits per heavy atom.